The van der Waals surface area contributed by atoms with E-state index < -0.39 is 0 Å². The van der Waals surface area contributed by atoms with E-state index >= 15 is 0 Å². The van der Waals surface area contributed by atoms with Crippen molar-refractivity contribution in [3.05, 3.63) is 71.8 Å². The predicted octanol–water partition coefficient (Wildman–Crippen LogP) is 2.64. The van der Waals surface area contributed by atoms with Crippen molar-refractivity contribution in [3.8, 4) is 0 Å². The third-order valence-corrected chi connectivity index (χ3v) is 3.92. The summed E-state index contributed by atoms with van der Waals surface area (Å²) in [6.07, 6.45) is 1.57. The van der Waals surface area contributed by atoms with Gasteiger partial charge in [-0.05, 0) is 17.5 Å². The Kier molecular flexibility index (Phi) is 4.31. The summed E-state index contributed by atoms with van der Waals surface area (Å²) in [6.45, 7) is 0.792. The summed E-state index contributed by atoms with van der Waals surface area (Å²) < 4.78 is 0. The first-order valence-corrected chi connectivity index (χ1v) is 7.45. The van der Waals surface area contributed by atoms with Crippen molar-refractivity contribution in [3.63, 3.8) is 0 Å². The minimum absolute atomic E-state index is 0.157. The van der Waals surface area contributed by atoms with Gasteiger partial charge in [0, 0.05) is 19.0 Å². The van der Waals surface area contributed by atoms with E-state index in [0.29, 0.717) is 6.42 Å². The summed E-state index contributed by atoms with van der Waals surface area (Å²) in [5.41, 5.74) is 2.49. The van der Waals surface area contributed by atoms with Crippen LogP contribution in [-0.4, -0.2) is 18.5 Å². The Morgan fingerprint density at radius 2 is 1.57 bits per heavy atom. The summed E-state index contributed by atoms with van der Waals surface area (Å²) in [7, 11) is 0. The summed E-state index contributed by atoms with van der Waals surface area (Å²) in [4.78, 5) is 11.3. The highest BCUT2D eigenvalue weighted by atomic mass is 16.1. The van der Waals surface area contributed by atoms with Gasteiger partial charge in [-0.2, -0.15) is 0 Å². The Morgan fingerprint density at radius 1 is 1.00 bits per heavy atom. The molecule has 0 aliphatic carbocycles. The number of hydrogen-bond donors (Lipinski definition) is 2. The molecule has 0 saturated carbocycles. The van der Waals surface area contributed by atoms with Crippen molar-refractivity contribution >= 4 is 5.91 Å². The fraction of sp³-hybridized carbons (Fsp3) is 0.278. The maximum absolute atomic E-state index is 11.3. The van der Waals surface area contributed by atoms with Crippen LogP contribution in [0.1, 0.15) is 30.0 Å². The minimum atomic E-state index is 0.157. The molecule has 0 spiro atoms. The monoisotopic (exact) mass is 280 g/mol. The van der Waals surface area contributed by atoms with Crippen molar-refractivity contribution in [2.45, 2.75) is 24.9 Å². The van der Waals surface area contributed by atoms with Gasteiger partial charge in [0.15, 0.2) is 0 Å². The molecule has 2 N–H and O–H groups in total. The molecule has 3 nitrogen and oxygen atoms in total. The molecule has 1 aliphatic rings. The molecule has 2 aromatic carbocycles. The van der Waals surface area contributed by atoms with Gasteiger partial charge in [0.25, 0.3) is 0 Å². The minimum Gasteiger partial charge on any atom is -0.352 e. The van der Waals surface area contributed by atoms with Crippen molar-refractivity contribution < 1.29 is 4.79 Å². The Bertz CT molecular complexity index is 543. The molecule has 1 heterocycles. The van der Waals surface area contributed by atoms with Crippen LogP contribution in [0.25, 0.3) is 0 Å². The summed E-state index contributed by atoms with van der Waals surface area (Å²) in [6, 6.07) is 21.2. The first-order chi connectivity index (χ1) is 10.3. The van der Waals surface area contributed by atoms with Crippen molar-refractivity contribution in [2.75, 3.05) is 6.54 Å². The molecule has 2 aromatic rings. The fourth-order valence-corrected chi connectivity index (χ4v) is 2.81. The smallest absolute Gasteiger partial charge is 0.220 e. The first kappa shape index (κ1) is 13.8. The van der Waals surface area contributed by atoms with Gasteiger partial charge >= 0.3 is 0 Å². The molecule has 3 rings (SSSR count). The van der Waals surface area contributed by atoms with Gasteiger partial charge in [-0.15, -0.1) is 0 Å². The fourth-order valence-electron chi connectivity index (χ4n) is 2.81. The zero-order valence-electron chi connectivity index (χ0n) is 12.0. The van der Waals surface area contributed by atoms with Crippen molar-refractivity contribution in [1.29, 1.82) is 0 Å². The lowest BCUT2D eigenvalue weighted by molar-refractivity contribution is -0.119. The van der Waals surface area contributed by atoms with Gasteiger partial charge < -0.3 is 10.6 Å². The Balaban J connectivity index is 1.75. The summed E-state index contributed by atoms with van der Waals surface area (Å²) in [5.74, 6) is 0.165. The van der Waals surface area contributed by atoms with E-state index in [-0.39, 0.29) is 18.0 Å². The van der Waals surface area contributed by atoms with Gasteiger partial charge in [0.05, 0.1) is 6.04 Å². The topological polar surface area (TPSA) is 41.1 Å². The van der Waals surface area contributed by atoms with E-state index in [0.717, 1.165) is 13.0 Å². The average Bonchev–Trinajstić information content (AvgIpc) is 2.95. The molecular formula is C18H20N2O. The molecular weight excluding hydrogens is 260 g/mol. The molecule has 1 unspecified atom stereocenters. The van der Waals surface area contributed by atoms with Gasteiger partial charge in [0.1, 0.15) is 0 Å². The molecule has 0 radical (unpaired) electrons. The van der Waals surface area contributed by atoms with E-state index in [2.05, 4.69) is 59.2 Å². The summed E-state index contributed by atoms with van der Waals surface area (Å²) in [5, 5.41) is 6.61. The number of carbonyl (C=O) groups excluding carboxylic acids is 1. The van der Waals surface area contributed by atoms with Crippen LogP contribution in [0.3, 0.4) is 0 Å². The molecule has 1 atom stereocenters. The van der Waals surface area contributed by atoms with Crippen LogP contribution >= 0.6 is 0 Å². The molecule has 3 heteroatoms. The van der Waals surface area contributed by atoms with Gasteiger partial charge in [-0.1, -0.05) is 60.7 Å². The quantitative estimate of drug-likeness (QED) is 0.884. The highest BCUT2D eigenvalue weighted by Gasteiger charge is 2.22. The van der Waals surface area contributed by atoms with E-state index in [1.807, 2.05) is 12.1 Å². The lowest BCUT2D eigenvalue weighted by Crippen LogP contribution is -2.37. The average molecular weight is 280 g/mol. The van der Waals surface area contributed by atoms with E-state index in [1.165, 1.54) is 11.1 Å². The van der Waals surface area contributed by atoms with Gasteiger partial charge in [-0.3, -0.25) is 4.79 Å². The van der Waals surface area contributed by atoms with Crippen LogP contribution in [0.2, 0.25) is 0 Å². The highest BCUT2D eigenvalue weighted by Crippen LogP contribution is 2.22. The normalized spacial score (nSPS) is 18.0. The van der Waals surface area contributed by atoms with Crippen LogP contribution < -0.4 is 10.6 Å². The van der Waals surface area contributed by atoms with Crippen LogP contribution in [-0.2, 0) is 4.79 Å². The third kappa shape index (κ3) is 3.50. The molecule has 1 fully saturated rings. The van der Waals surface area contributed by atoms with Gasteiger partial charge in [0.2, 0.25) is 5.91 Å². The zero-order valence-corrected chi connectivity index (χ0v) is 12.0. The zero-order chi connectivity index (χ0) is 14.5. The molecule has 0 bridgehead atoms. The number of amides is 1. The Labute approximate surface area is 125 Å². The van der Waals surface area contributed by atoms with Gasteiger partial charge in [-0.25, -0.2) is 0 Å². The lowest BCUT2D eigenvalue weighted by Gasteiger charge is -2.22. The third-order valence-electron chi connectivity index (χ3n) is 3.92. The standard InChI is InChI=1S/C18H20N2O/c21-17-12-11-16(20-17)13-19-18(14-7-3-1-4-8-14)15-9-5-2-6-10-15/h1-10,16,18-19H,11-13H2,(H,20,21). The van der Waals surface area contributed by atoms with Crippen LogP contribution in [0.15, 0.2) is 60.7 Å². The molecule has 1 aliphatic heterocycles. The van der Waals surface area contributed by atoms with Crippen LogP contribution in [0.4, 0.5) is 0 Å². The Morgan fingerprint density at radius 3 is 2.05 bits per heavy atom. The van der Waals surface area contributed by atoms with E-state index in [1.54, 1.807) is 0 Å². The summed E-state index contributed by atoms with van der Waals surface area (Å²) >= 11 is 0. The second-order valence-electron chi connectivity index (χ2n) is 5.47. The van der Waals surface area contributed by atoms with E-state index in [4.69, 9.17) is 0 Å². The molecule has 0 aromatic heterocycles. The predicted molar refractivity (Wildman–Crippen MR) is 83.9 cm³/mol. The molecule has 1 saturated heterocycles. The van der Waals surface area contributed by atoms with Crippen LogP contribution in [0, 0.1) is 0 Å². The molecule has 21 heavy (non-hydrogen) atoms. The maximum Gasteiger partial charge on any atom is 0.220 e. The number of hydrogen-bond acceptors (Lipinski definition) is 2. The lowest BCUT2D eigenvalue weighted by atomic mass is 9.98. The van der Waals surface area contributed by atoms with E-state index in [9.17, 15) is 4.79 Å². The van der Waals surface area contributed by atoms with Crippen molar-refractivity contribution in [2.24, 2.45) is 0 Å². The number of benzene rings is 2. The number of nitrogens with one attached hydrogen (secondary N) is 2. The number of carbonyl (C=O) groups is 1. The second-order valence-corrected chi connectivity index (χ2v) is 5.47. The number of rotatable bonds is 5. The first-order valence-electron chi connectivity index (χ1n) is 7.45. The van der Waals surface area contributed by atoms with Crippen molar-refractivity contribution in [1.82, 2.24) is 10.6 Å². The maximum atomic E-state index is 11.3. The van der Waals surface area contributed by atoms with Crippen LogP contribution in [0.5, 0.6) is 0 Å². The SMILES string of the molecule is O=C1CCC(CNC(c2ccccc2)c2ccccc2)N1. The second kappa shape index (κ2) is 6.55. The largest absolute Gasteiger partial charge is 0.352 e. The molecule has 108 valence electrons. The molecule has 1 amide bonds. The Hall–Kier alpha value is -2.13. The highest BCUT2D eigenvalue weighted by molar-refractivity contribution is 5.78.